The predicted molar refractivity (Wildman–Crippen MR) is 64.2 cm³/mol. The molecule has 19 heavy (non-hydrogen) atoms. The molecule has 8 N–H and O–H groups in total. The van der Waals surface area contributed by atoms with Gasteiger partial charge in [0.15, 0.2) is 0 Å². The molecule has 0 bridgehead atoms. The summed E-state index contributed by atoms with van der Waals surface area (Å²) in [4.78, 5) is 0. The van der Waals surface area contributed by atoms with E-state index >= 15 is 0 Å². The van der Waals surface area contributed by atoms with Crippen molar-refractivity contribution in [3.63, 3.8) is 0 Å². The fourth-order valence-corrected chi connectivity index (χ4v) is 2.21. The molecule has 0 spiro atoms. The Balaban J connectivity index is 2.75. The van der Waals surface area contributed by atoms with Gasteiger partial charge in [-0.15, -0.1) is 0 Å². The summed E-state index contributed by atoms with van der Waals surface area (Å²) in [5.74, 6) is 0. The van der Waals surface area contributed by atoms with Crippen LogP contribution in [0.1, 0.15) is 12.8 Å². The number of rotatable bonds is 4. The van der Waals surface area contributed by atoms with Crippen molar-refractivity contribution in [3.05, 3.63) is 0 Å². The molecule has 0 aliphatic heterocycles. The van der Waals surface area contributed by atoms with Crippen molar-refractivity contribution in [2.75, 3.05) is 13.2 Å². The van der Waals surface area contributed by atoms with E-state index in [1.54, 1.807) is 0 Å². The van der Waals surface area contributed by atoms with Crippen LogP contribution in [0.2, 0.25) is 0 Å². The van der Waals surface area contributed by atoms with Gasteiger partial charge in [-0.2, -0.15) is 0 Å². The topological polar surface area (TPSA) is 154 Å². The first-order valence-corrected chi connectivity index (χ1v) is 6.28. The molecule has 0 aromatic rings. The zero-order valence-corrected chi connectivity index (χ0v) is 10.5. The van der Waals surface area contributed by atoms with Gasteiger partial charge in [-0.05, 0) is 6.42 Å². The van der Waals surface area contributed by atoms with Crippen molar-refractivity contribution in [2.45, 2.75) is 55.4 Å². The van der Waals surface area contributed by atoms with Crippen molar-refractivity contribution in [1.82, 2.24) is 5.32 Å². The molecule has 0 unspecified atom stereocenters. The zero-order valence-electron chi connectivity index (χ0n) is 10.5. The molecule has 1 aliphatic rings. The van der Waals surface area contributed by atoms with Crippen molar-refractivity contribution in [2.24, 2.45) is 0 Å². The smallest absolute Gasteiger partial charge is 0.108 e. The Morgan fingerprint density at radius 3 is 1.74 bits per heavy atom. The third-order valence-electron chi connectivity index (χ3n) is 3.47. The molecule has 0 aromatic heterocycles. The van der Waals surface area contributed by atoms with Gasteiger partial charge in [0.1, 0.15) is 12.2 Å². The van der Waals surface area contributed by atoms with Gasteiger partial charge < -0.3 is 41.1 Å². The van der Waals surface area contributed by atoms with Crippen LogP contribution in [0.3, 0.4) is 0 Å². The normalized spacial score (nSPS) is 41.1. The Bertz CT molecular complexity index is 263. The maximum atomic E-state index is 9.92. The van der Waals surface area contributed by atoms with E-state index in [0.717, 1.165) is 0 Å². The first-order valence-electron chi connectivity index (χ1n) is 6.28. The van der Waals surface area contributed by atoms with Gasteiger partial charge in [0, 0.05) is 12.5 Å². The highest BCUT2D eigenvalue weighted by molar-refractivity contribution is 4.93. The summed E-state index contributed by atoms with van der Waals surface area (Å²) in [5, 5.41) is 69.1. The molecular weight excluding hydrogens is 258 g/mol. The highest BCUT2D eigenvalue weighted by atomic mass is 16.4. The molecule has 1 saturated carbocycles. The van der Waals surface area contributed by atoms with Gasteiger partial charge in [-0.3, -0.25) is 0 Å². The highest BCUT2D eigenvalue weighted by Gasteiger charge is 2.38. The molecule has 1 rings (SSSR count). The quantitative estimate of drug-likeness (QED) is 0.259. The number of nitrogens with one attached hydrogen (secondary N) is 1. The fourth-order valence-electron chi connectivity index (χ4n) is 2.21. The molecule has 0 aromatic carbocycles. The lowest BCUT2D eigenvalue weighted by Gasteiger charge is -2.37. The first-order chi connectivity index (χ1) is 8.90. The first kappa shape index (κ1) is 16.7. The number of aliphatic hydroxyl groups excluding tert-OH is 7. The van der Waals surface area contributed by atoms with Crippen LogP contribution in [0.5, 0.6) is 0 Å². The van der Waals surface area contributed by atoms with Gasteiger partial charge >= 0.3 is 0 Å². The lowest BCUT2D eigenvalue weighted by atomic mass is 9.87. The minimum atomic E-state index is -1.53. The van der Waals surface area contributed by atoms with E-state index in [4.69, 9.17) is 10.2 Å². The second-order valence-electron chi connectivity index (χ2n) is 4.99. The van der Waals surface area contributed by atoms with Crippen molar-refractivity contribution in [3.8, 4) is 0 Å². The third-order valence-corrected chi connectivity index (χ3v) is 3.47. The number of hydrogen-bond acceptors (Lipinski definition) is 8. The van der Waals surface area contributed by atoms with E-state index < -0.39 is 42.6 Å². The van der Waals surface area contributed by atoms with Crippen LogP contribution in [-0.4, -0.2) is 91.6 Å². The van der Waals surface area contributed by atoms with Crippen molar-refractivity contribution < 1.29 is 35.7 Å². The van der Waals surface area contributed by atoms with Crippen LogP contribution in [-0.2, 0) is 0 Å². The van der Waals surface area contributed by atoms with E-state index in [9.17, 15) is 25.5 Å². The Morgan fingerprint density at radius 2 is 1.26 bits per heavy atom. The van der Waals surface area contributed by atoms with Crippen molar-refractivity contribution in [1.29, 1.82) is 0 Å². The lowest BCUT2D eigenvalue weighted by Crippen LogP contribution is -2.56. The van der Waals surface area contributed by atoms with Gasteiger partial charge in [0.2, 0.25) is 0 Å². The van der Waals surface area contributed by atoms with Crippen LogP contribution in [0.15, 0.2) is 0 Å². The molecular formula is C11H23NO7. The molecule has 1 aliphatic carbocycles. The Labute approximate surface area is 110 Å². The Morgan fingerprint density at radius 1 is 0.789 bits per heavy atom. The summed E-state index contributed by atoms with van der Waals surface area (Å²) < 4.78 is 0. The van der Waals surface area contributed by atoms with Crippen LogP contribution >= 0.6 is 0 Å². The minimum Gasteiger partial charge on any atom is -0.395 e. The van der Waals surface area contributed by atoms with E-state index in [1.165, 1.54) is 0 Å². The van der Waals surface area contributed by atoms with Crippen LogP contribution in [0.4, 0.5) is 0 Å². The monoisotopic (exact) mass is 281 g/mol. The average molecular weight is 281 g/mol. The molecule has 6 atom stereocenters. The van der Waals surface area contributed by atoms with Crippen LogP contribution in [0, 0.1) is 0 Å². The van der Waals surface area contributed by atoms with Gasteiger partial charge in [-0.1, -0.05) is 0 Å². The molecule has 114 valence electrons. The third kappa shape index (κ3) is 4.33. The number of aliphatic hydroxyl groups is 7. The van der Waals surface area contributed by atoms with E-state index in [2.05, 4.69) is 5.32 Å². The maximum absolute atomic E-state index is 9.92. The average Bonchev–Trinajstić information content (AvgIpc) is 2.40. The maximum Gasteiger partial charge on any atom is 0.108 e. The molecule has 8 nitrogen and oxygen atoms in total. The van der Waals surface area contributed by atoms with Gasteiger partial charge in [0.05, 0.1) is 37.6 Å². The lowest BCUT2D eigenvalue weighted by molar-refractivity contribution is -0.132. The minimum absolute atomic E-state index is 0.0807. The standard InChI is InChI=1S/C11H23NO7/c13-3-5(4-14)12-6-1-8(16)10(18)11(19)9(17)2-7(6)15/h5-19H,1-4H2/t6-,7-,8-,9-,10+,11+/m0/s1. The molecule has 8 heteroatoms. The molecule has 0 heterocycles. The highest BCUT2D eigenvalue weighted by Crippen LogP contribution is 2.20. The summed E-state index contributed by atoms with van der Waals surface area (Å²) in [6.07, 6.45) is -7.12. The molecule has 0 amide bonds. The molecule has 0 saturated heterocycles. The summed E-state index contributed by atoms with van der Waals surface area (Å²) in [5.41, 5.74) is 0. The number of hydrogen-bond donors (Lipinski definition) is 8. The van der Waals surface area contributed by atoms with Crippen LogP contribution in [0.25, 0.3) is 0 Å². The van der Waals surface area contributed by atoms with E-state index in [1.807, 2.05) is 0 Å². The fraction of sp³-hybridized carbons (Fsp3) is 1.00. The zero-order chi connectivity index (χ0) is 14.6. The largest absolute Gasteiger partial charge is 0.395 e. The molecule has 1 fully saturated rings. The Kier molecular flexibility index (Phi) is 6.57. The van der Waals surface area contributed by atoms with Gasteiger partial charge in [-0.25, -0.2) is 0 Å². The van der Waals surface area contributed by atoms with E-state index in [0.29, 0.717) is 0 Å². The molecule has 0 radical (unpaired) electrons. The summed E-state index contributed by atoms with van der Waals surface area (Å²) in [7, 11) is 0. The second-order valence-corrected chi connectivity index (χ2v) is 4.99. The van der Waals surface area contributed by atoms with Gasteiger partial charge in [0.25, 0.3) is 0 Å². The van der Waals surface area contributed by atoms with Crippen LogP contribution < -0.4 is 5.32 Å². The summed E-state index contributed by atoms with van der Waals surface area (Å²) in [6, 6.07) is -1.40. The second kappa shape index (κ2) is 7.46. The summed E-state index contributed by atoms with van der Waals surface area (Å²) >= 11 is 0. The van der Waals surface area contributed by atoms with E-state index in [-0.39, 0.29) is 26.1 Å². The predicted octanol–water partition coefficient (Wildman–Crippen LogP) is -4.10. The SMILES string of the molecule is OCC(CO)N[C@H]1C[C@H](O)[C@@H](O)[C@H](O)[C@@H](O)C[C@@H]1O. The Hall–Kier alpha value is -0.320. The van der Waals surface area contributed by atoms with Crippen molar-refractivity contribution >= 4 is 0 Å². The summed E-state index contributed by atoms with van der Waals surface area (Å²) in [6.45, 7) is -0.715.